The summed E-state index contributed by atoms with van der Waals surface area (Å²) in [5.74, 6) is 2.70. The molecule has 0 unspecified atom stereocenters. The summed E-state index contributed by atoms with van der Waals surface area (Å²) in [6.45, 7) is 1.93. The van der Waals surface area contributed by atoms with Crippen molar-refractivity contribution in [3.05, 3.63) is 52.3 Å². The van der Waals surface area contributed by atoms with E-state index in [4.69, 9.17) is 0 Å². The summed E-state index contributed by atoms with van der Waals surface area (Å²) in [4.78, 5) is 23.8. The molecule has 3 aromatic rings. The predicted molar refractivity (Wildman–Crippen MR) is 76.2 cm³/mol. The number of aromatic amines is 1. The Balaban J connectivity index is 1.99. The van der Waals surface area contributed by atoms with E-state index in [1.807, 2.05) is 35.8 Å². The van der Waals surface area contributed by atoms with Crippen molar-refractivity contribution in [1.29, 1.82) is 0 Å². The lowest BCUT2D eigenvalue weighted by Gasteiger charge is -2.07. The van der Waals surface area contributed by atoms with Gasteiger partial charge in [0.2, 0.25) is 0 Å². The topological polar surface area (TPSA) is 63.6 Å². The lowest BCUT2D eigenvalue weighted by Crippen LogP contribution is -2.14. The molecule has 4 rings (SSSR count). The Labute approximate surface area is 115 Å². The number of benzene rings is 1. The Morgan fingerprint density at radius 1 is 1.25 bits per heavy atom. The van der Waals surface area contributed by atoms with Gasteiger partial charge >= 0.3 is 0 Å². The van der Waals surface area contributed by atoms with Gasteiger partial charge in [-0.15, -0.1) is 0 Å². The number of aryl methyl sites for hydroxylation is 1. The van der Waals surface area contributed by atoms with Crippen LogP contribution in [-0.2, 0) is 0 Å². The van der Waals surface area contributed by atoms with E-state index in [0.717, 1.165) is 35.5 Å². The van der Waals surface area contributed by atoms with E-state index in [1.165, 1.54) is 6.07 Å². The van der Waals surface area contributed by atoms with Crippen LogP contribution in [-0.4, -0.2) is 19.5 Å². The van der Waals surface area contributed by atoms with Gasteiger partial charge in [0, 0.05) is 12.0 Å². The Morgan fingerprint density at radius 3 is 2.85 bits per heavy atom. The summed E-state index contributed by atoms with van der Waals surface area (Å²) < 4.78 is 1.94. The second-order valence-corrected chi connectivity index (χ2v) is 5.25. The molecule has 2 heterocycles. The number of hydrogen-bond acceptors (Lipinski definition) is 3. The molecule has 0 radical (unpaired) electrons. The molecular weight excluding hydrogens is 252 g/mol. The molecule has 1 N–H and O–H groups in total. The highest BCUT2D eigenvalue weighted by molar-refractivity contribution is 5.77. The Bertz CT molecular complexity index is 858. The van der Waals surface area contributed by atoms with Crippen LogP contribution in [0.4, 0.5) is 0 Å². The van der Waals surface area contributed by atoms with Crippen LogP contribution in [0.2, 0.25) is 0 Å². The first-order valence-electron chi connectivity index (χ1n) is 6.78. The number of H-pyrrole nitrogens is 1. The molecule has 5 nitrogen and oxygen atoms in total. The van der Waals surface area contributed by atoms with E-state index in [1.54, 1.807) is 0 Å². The van der Waals surface area contributed by atoms with Gasteiger partial charge in [-0.3, -0.25) is 9.36 Å². The van der Waals surface area contributed by atoms with Gasteiger partial charge in [0.25, 0.3) is 5.56 Å². The maximum absolute atomic E-state index is 11.9. The van der Waals surface area contributed by atoms with Crippen molar-refractivity contribution < 1.29 is 0 Å². The number of nitrogens with one attached hydrogen (secondary N) is 1. The highest BCUT2D eigenvalue weighted by Gasteiger charge is 2.26. The van der Waals surface area contributed by atoms with Crippen LogP contribution in [0.1, 0.15) is 30.4 Å². The number of hydrogen-bond donors (Lipinski definition) is 1. The maximum Gasteiger partial charge on any atom is 0.253 e. The standard InChI is InChI=1S/C15H14N4O/c1-9-16-11-4-2-3-5-12(11)19(9)13-8-14(20)18-15(17-13)10-6-7-10/h2-5,8,10H,6-7H2,1H3,(H,17,18,20). The van der Waals surface area contributed by atoms with E-state index in [-0.39, 0.29) is 5.56 Å². The first-order valence-corrected chi connectivity index (χ1v) is 6.78. The SMILES string of the molecule is Cc1nc2ccccc2n1-c1cc(=O)[nH]c(C2CC2)n1. The fraction of sp³-hybridized carbons (Fsp3) is 0.267. The fourth-order valence-corrected chi connectivity index (χ4v) is 2.56. The zero-order valence-corrected chi connectivity index (χ0v) is 11.1. The largest absolute Gasteiger partial charge is 0.310 e. The number of para-hydroxylation sites is 2. The van der Waals surface area contributed by atoms with E-state index in [0.29, 0.717) is 11.7 Å². The molecule has 1 aromatic carbocycles. The van der Waals surface area contributed by atoms with Crippen molar-refractivity contribution in [2.24, 2.45) is 0 Å². The first-order chi connectivity index (χ1) is 9.72. The van der Waals surface area contributed by atoms with Gasteiger partial charge in [-0.1, -0.05) is 12.1 Å². The molecule has 20 heavy (non-hydrogen) atoms. The maximum atomic E-state index is 11.9. The van der Waals surface area contributed by atoms with Crippen LogP contribution in [0, 0.1) is 6.92 Å². The molecule has 0 saturated heterocycles. The highest BCUT2D eigenvalue weighted by Crippen LogP contribution is 2.37. The van der Waals surface area contributed by atoms with Gasteiger partial charge in [0.15, 0.2) is 0 Å². The van der Waals surface area contributed by atoms with Crippen molar-refractivity contribution in [2.45, 2.75) is 25.7 Å². The minimum atomic E-state index is -0.103. The number of imidazole rings is 1. The summed E-state index contributed by atoms with van der Waals surface area (Å²) in [5.41, 5.74) is 1.79. The second-order valence-electron chi connectivity index (χ2n) is 5.25. The zero-order valence-electron chi connectivity index (χ0n) is 11.1. The van der Waals surface area contributed by atoms with Crippen LogP contribution < -0.4 is 5.56 Å². The molecular formula is C15H14N4O. The smallest absolute Gasteiger partial charge is 0.253 e. The molecule has 1 saturated carbocycles. The average Bonchev–Trinajstić information content (AvgIpc) is 3.20. The van der Waals surface area contributed by atoms with E-state index in [2.05, 4.69) is 15.0 Å². The number of fused-ring (bicyclic) bond motifs is 1. The van der Waals surface area contributed by atoms with Gasteiger partial charge in [0.05, 0.1) is 11.0 Å². The molecule has 2 aromatic heterocycles. The summed E-state index contributed by atoms with van der Waals surface area (Å²) in [6.07, 6.45) is 2.21. The molecule has 100 valence electrons. The van der Waals surface area contributed by atoms with E-state index >= 15 is 0 Å². The molecule has 0 atom stereocenters. The van der Waals surface area contributed by atoms with Crippen LogP contribution in [0.25, 0.3) is 16.9 Å². The summed E-state index contributed by atoms with van der Waals surface area (Å²) in [6, 6.07) is 9.42. The highest BCUT2D eigenvalue weighted by atomic mass is 16.1. The van der Waals surface area contributed by atoms with Crippen LogP contribution in [0.5, 0.6) is 0 Å². The fourth-order valence-electron chi connectivity index (χ4n) is 2.56. The third kappa shape index (κ3) is 1.74. The Hall–Kier alpha value is -2.43. The monoisotopic (exact) mass is 266 g/mol. The lowest BCUT2D eigenvalue weighted by molar-refractivity contribution is 0.857. The third-order valence-electron chi connectivity index (χ3n) is 3.67. The van der Waals surface area contributed by atoms with Crippen LogP contribution in [0.15, 0.2) is 35.1 Å². The summed E-state index contributed by atoms with van der Waals surface area (Å²) >= 11 is 0. The number of nitrogens with zero attached hydrogens (tertiary/aromatic N) is 3. The van der Waals surface area contributed by atoms with Gasteiger partial charge < -0.3 is 4.98 Å². The van der Waals surface area contributed by atoms with Gasteiger partial charge in [-0.2, -0.15) is 0 Å². The van der Waals surface area contributed by atoms with Gasteiger partial charge in [-0.05, 0) is 31.9 Å². The average molecular weight is 266 g/mol. The van der Waals surface area contributed by atoms with E-state index in [9.17, 15) is 4.79 Å². The molecule has 0 spiro atoms. The van der Waals surface area contributed by atoms with Gasteiger partial charge in [0.1, 0.15) is 17.5 Å². The summed E-state index contributed by atoms with van der Waals surface area (Å²) in [7, 11) is 0. The quantitative estimate of drug-likeness (QED) is 0.774. The summed E-state index contributed by atoms with van der Waals surface area (Å²) in [5, 5.41) is 0. The van der Waals surface area contributed by atoms with E-state index < -0.39 is 0 Å². The van der Waals surface area contributed by atoms with Gasteiger partial charge in [-0.25, -0.2) is 9.97 Å². The normalized spacial score (nSPS) is 14.8. The number of rotatable bonds is 2. The lowest BCUT2D eigenvalue weighted by atomic mass is 10.3. The molecule has 1 fully saturated rings. The minimum absolute atomic E-state index is 0.103. The predicted octanol–water partition coefficient (Wildman–Crippen LogP) is 2.29. The second kappa shape index (κ2) is 4.03. The first kappa shape index (κ1) is 11.4. The minimum Gasteiger partial charge on any atom is -0.310 e. The molecule has 0 aliphatic heterocycles. The van der Waals surface area contributed by atoms with Crippen LogP contribution >= 0.6 is 0 Å². The van der Waals surface area contributed by atoms with Crippen molar-refractivity contribution in [2.75, 3.05) is 0 Å². The third-order valence-corrected chi connectivity index (χ3v) is 3.67. The molecule has 0 bridgehead atoms. The Morgan fingerprint density at radius 2 is 2.05 bits per heavy atom. The molecule has 1 aliphatic carbocycles. The van der Waals surface area contributed by atoms with Crippen LogP contribution in [0.3, 0.4) is 0 Å². The number of aromatic nitrogens is 4. The van der Waals surface area contributed by atoms with Crippen molar-refractivity contribution in [1.82, 2.24) is 19.5 Å². The molecule has 5 heteroatoms. The molecule has 1 aliphatic rings. The van der Waals surface area contributed by atoms with Crippen molar-refractivity contribution in [3.8, 4) is 5.82 Å². The zero-order chi connectivity index (χ0) is 13.7. The Kier molecular flexibility index (Phi) is 2.30. The molecule has 0 amide bonds. The van der Waals surface area contributed by atoms with Crippen molar-refractivity contribution in [3.63, 3.8) is 0 Å². The van der Waals surface area contributed by atoms with Crippen molar-refractivity contribution >= 4 is 11.0 Å².